The number of aliphatic hydroxyl groups is 1. The van der Waals surface area contributed by atoms with Crippen molar-refractivity contribution in [1.82, 2.24) is 4.90 Å². The average molecular weight is 304 g/mol. The summed E-state index contributed by atoms with van der Waals surface area (Å²) in [7, 11) is 1.59. The molecular weight excluding hydrogens is 288 g/mol. The van der Waals surface area contributed by atoms with Crippen molar-refractivity contribution in [1.29, 1.82) is 0 Å². The van der Waals surface area contributed by atoms with Crippen LogP contribution in [-0.2, 0) is 11.4 Å². The summed E-state index contributed by atoms with van der Waals surface area (Å²) in [5.74, 6) is -0.457. The van der Waals surface area contributed by atoms with E-state index in [1.54, 1.807) is 43.4 Å². The lowest BCUT2D eigenvalue weighted by atomic mass is 10.2. The van der Waals surface area contributed by atoms with E-state index in [0.29, 0.717) is 10.6 Å². The summed E-state index contributed by atoms with van der Waals surface area (Å²) < 4.78 is 0. The number of hydrogen-bond donors (Lipinski definition) is 2. The lowest BCUT2D eigenvalue weighted by Gasteiger charge is -2.16. The lowest BCUT2D eigenvalue weighted by molar-refractivity contribution is -0.116. The van der Waals surface area contributed by atoms with E-state index in [1.807, 2.05) is 5.38 Å². The van der Waals surface area contributed by atoms with Crippen molar-refractivity contribution < 1.29 is 14.7 Å². The third-order valence-corrected chi connectivity index (χ3v) is 3.71. The maximum Gasteiger partial charge on any atom is 0.264 e. The highest BCUT2D eigenvalue weighted by molar-refractivity contribution is 7.12. The molecule has 0 aliphatic carbocycles. The summed E-state index contributed by atoms with van der Waals surface area (Å²) in [5, 5.41) is 13.6. The number of benzene rings is 1. The van der Waals surface area contributed by atoms with Crippen LogP contribution in [0, 0.1) is 0 Å². The molecular formula is C15H16N2O3S. The summed E-state index contributed by atoms with van der Waals surface area (Å²) in [6.07, 6.45) is 0. The highest BCUT2D eigenvalue weighted by Gasteiger charge is 2.15. The van der Waals surface area contributed by atoms with Crippen molar-refractivity contribution in [3.05, 3.63) is 52.2 Å². The number of carbonyl (C=O) groups excluding carboxylic acids is 2. The Hall–Kier alpha value is -2.18. The van der Waals surface area contributed by atoms with Crippen LogP contribution < -0.4 is 5.32 Å². The number of amides is 2. The van der Waals surface area contributed by atoms with Crippen molar-refractivity contribution in [2.75, 3.05) is 18.9 Å². The third-order valence-electron chi connectivity index (χ3n) is 2.85. The minimum atomic E-state index is -0.280. The molecule has 2 rings (SSSR count). The van der Waals surface area contributed by atoms with Crippen LogP contribution in [0.5, 0.6) is 0 Å². The average Bonchev–Trinajstić information content (AvgIpc) is 3.00. The quantitative estimate of drug-likeness (QED) is 0.887. The zero-order valence-electron chi connectivity index (χ0n) is 11.6. The van der Waals surface area contributed by atoms with Gasteiger partial charge in [-0.2, -0.15) is 0 Å². The molecule has 1 heterocycles. The van der Waals surface area contributed by atoms with Crippen molar-refractivity contribution >= 4 is 28.8 Å². The SMILES string of the molecule is CN(CC(=O)Nc1cccc(CO)c1)C(=O)c1cccs1. The predicted molar refractivity (Wildman–Crippen MR) is 82.3 cm³/mol. The second kappa shape index (κ2) is 7.01. The molecule has 0 radical (unpaired) electrons. The molecule has 2 amide bonds. The van der Waals surface area contributed by atoms with Crippen molar-refractivity contribution in [3.63, 3.8) is 0 Å². The molecule has 0 saturated carbocycles. The molecule has 0 unspecified atom stereocenters. The first-order chi connectivity index (χ1) is 10.1. The summed E-state index contributed by atoms with van der Waals surface area (Å²) in [6, 6.07) is 10.5. The van der Waals surface area contributed by atoms with Gasteiger partial charge in [0.2, 0.25) is 5.91 Å². The smallest absolute Gasteiger partial charge is 0.264 e. The molecule has 0 aliphatic rings. The summed E-state index contributed by atoms with van der Waals surface area (Å²) in [4.78, 5) is 25.9. The number of anilines is 1. The molecule has 0 atom stereocenters. The number of likely N-dealkylation sites (N-methyl/N-ethyl adjacent to an activating group) is 1. The van der Waals surface area contributed by atoms with Gasteiger partial charge in [0.25, 0.3) is 5.91 Å². The summed E-state index contributed by atoms with van der Waals surface area (Å²) in [6.45, 7) is -0.111. The molecule has 0 aliphatic heterocycles. The van der Waals surface area contributed by atoms with Gasteiger partial charge in [-0.05, 0) is 29.1 Å². The van der Waals surface area contributed by atoms with Crippen LogP contribution in [0.2, 0.25) is 0 Å². The Kier molecular flexibility index (Phi) is 5.08. The topological polar surface area (TPSA) is 69.6 Å². The highest BCUT2D eigenvalue weighted by atomic mass is 32.1. The first-order valence-corrected chi connectivity index (χ1v) is 7.26. The van der Waals surface area contributed by atoms with Gasteiger partial charge in [-0.25, -0.2) is 0 Å². The first-order valence-electron chi connectivity index (χ1n) is 6.39. The normalized spacial score (nSPS) is 10.2. The fourth-order valence-corrected chi connectivity index (χ4v) is 2.54. The van der Waals surface area contributed by atoms with Crippen molar-refractivity contribution in [2.24, 2.45) is 0 Å². The van der Waals surface area contributed by atoms with Crippen LogP contribution >= 0.6 is 11.3 Å². The molecule has 2 N–H and O–H groups in total. The number of aliphatic hydroxyl groups excluding tert-OH is 1. The third kappa shape index (κ3) is 4.14. The molecule has 0 fully saturated rings. The van der Waals surface area contributed by atoms with Gasteiger partial charge < -0.3 is 15.3 Å². The Morgan fingerprint density at radius 2 is 2.10 bits per heavy atom. The lowest BCUT2D eigenvalue weighted by Crippen LogP contribution is -2.34. The van der Waals surface area contributed by atoms with E-state index in [4.69, 9.17) is 5.11 Å². The Balaban J connectivity index is 1.93. The maximum atomic E-state index is 12.0. The Morgan fingerprint density at radius 3 is 2.76 bits per heavy atom. The summed E-state index contributed by atoms with van der Waals surface area (Å²) in [5.41, 5.74) is 1.32. The van der Waals surface area contributed by atoms with E-state index < -0.39 is 0 Å². The van der Waals surface area contributed by atoms with Crippen LogP contribution in [0.3, 0.4) is 0 Å². The largest absolute Gasteiger partial charge is 0.392 e. The molecule has 0 bridgehead atoms. The Labute approximate surface area is 126 Å². The second-order valence-electron chi connectivity index (χ2n) is 4.55. The predicted octanol–water partition coefficient (Wildman–Crippen LogP) is 1.95. The van der Waals surface area contributed by atoms with E-state index >= 15 is 0 Å². The van der Waals surface area contributed by atoms with E-state index in [-0.39, 0.29) is 25.0 Å². The van der Waals surface area contributed by atoms with Crippen LogP contribution in [0.1, 0.15) is 15.2 Å². The van der Waals surface area contributed by atoms with E-state index in [1.165, 1.54) is 16.2 Å². The Bertz CT molecular complexity index is 626. The molecule has 1 aromatic heterocycles. The van der Waals surface area contributed by atoms with Crippen LogP contribution in [0.4, 0.5) is 5.69 Å². The fourth-order valence-electron chi connectivity index (χ4n) is 1.82. The number of nitrogens with one attached hydrogen (secondary N) is 1. The summed E-state index contributed by atoms with van der Waals surface area (Å²) >= 11 is 1.34. The molecule has 6 heteroatoms. The van der Waals surface area contributed by atoms with E-state index in [9.17, 15) is 9.59 Å². The van der Waals surface area contributed by atoms with Gasteiger partial charge in [0, 0.05) is 12.7 Å². The minimum Gasteiger partial charge on any atom is -0.392 e. The van der Waals surface area contributed by atoms with Gasteiger partial charge in [-0.15, -0.1) is 11.3 Å². The standard InChI is InChI=1S/C15H16N2O3S/c1-17(15(20)13-6-3-7-21-13)9-14(19)16-12-5-2-4-11(8-12)10-18/h2-8,18H,9-10H2,1H3,(H,16,19). The van der Waals surface area contributed by atoms with Gasteiger partial charge >= 0.3 is 0 Å². The van der Waals surface area contributed by atoms with Gasteiger partial charge in [0.1, 0.15) is 0 Å². The van der Waals surface area contributed by atoms with Crippen LogP contribution in [0.25, 0.3) is 0 Å². The fraction of sp³-hybridized carbons (Fsp3) is 0.200. The molecule has 21 heavy (non-hydrogen) atoms. The zero-order chi connectivity index (χ0) is 15.2. The van der Waals surface area contributed by atoms with Gasteiger partial charge in [-0.1, -0.05) is 18.2 Å². The number of hydrogen-bond acceptors (Lipinski definition) is 4. The highest BCUT2D eigenvalue weighted by Crippen LogP contribution is 2.12. The van der Waals surface area contributed by atoms with Crippen LogP contribution in [-0.4, -0.2) is 35.4 Å². The van der Waals surface area contributed by atoms with E-state index in [0.717, 1.165) is 5.56 Å². The monoisotopic (exact) mass is 304 g/mol. The van der Waals surface area contributed by atoms with Crippen LogP contribution in [0.15, 0.2) is 41.8 Å². The Morgan fingerprint density at radius 1 is 1.29 bits per heavy atom. The molecule has 1 aromatic carbocycles. The molecule has 2 aromatic rings. The molecule has 0 saturated heterocycles. The number of carbonyl (C=O) groups is 2. The number of nitrogens with zero attached hydrogens (tertiary/aromatic N) is 1. The number of rotatable bonds is 5. The van der Waals surface area contributed by atoms with Crippen molar-refractivity contribution in [2.45, 2.75) is 6.61 Å². The van der Waals surface area contributed by atoms with Crippen molar-refractivity contribution in [3.8, 4) is 0 Å². The number of thiophene rings is 1. The minimum absolute atomic E-state index is 0.0277. The van der Waals surface area contributed by atoms with Gasteiger partial charge in [0.05, 0.1) is 18.0 Å². The zero-order valence-corrected chi connectivity index (χ0v) is 12.4. The maximum absolute atomic E-state index is 12.0. The molecule has 5 nitrogen and oxygen atoms in total. The van der Waals surface area contributed by atoms with Gasteiger partial charge in [-0.3, -0.25) is 9.59 Å². The molecule has 0 spiro atoms. The second-order valence-corrected chi connectivity index (χ2v) is 5.49. The van der Waals surface area contributed by atoms with Gasteiger partial charge in [0.15, 0.2) is 0 Å². The first kappa shape index (κ1) is 15.2. The molecule has 110 valence electrons. The van der Waals surface area contributed by atoms with E-state index in [2.05, 4.69) is 5.32 Å².